The monoisotopic (exact) mass is 499 g/mol. The Morgan fingerprint density at radius 2 is 1.86 bits per heavy atom. The molecule has 37 heavy (non-hydrogen) atoms. The summed E-state index contributed by atoms with van der Waals surface area (Å²) in [6, 6.07) is 22.8. The zero-order chi connectivity index (χ0) is 26.2. The molecule has 10 nitrogen and oxygen atoms in total. The Bertz CT molecular complexity index is 1410. The number of carbonyl (C=O) groups is 1. The maximum atomic E-state index is 13.5. The fourth-order valence-electron chi connectivity index (χ4n) is 4.11. The summed E-state index contributed by atoms with van der Waals surface area (Å²) in [5.41, 5.74) is 10.7. The van der Waals surface area contributed by atoms with Gasteiger partial charge in [0.15, 0.2) is 0 Å². The van der Waals surface area contributed by atoms with E-state index in [2.05, 4.69) is 19.8 Å². The quantitative estimate of drug-likeness (QED) is 0.132. The van der Waals surface area contributed by atoms with Crippen LogP contribution in [0.15, 0.2) is 83.1 Å². The van der Waals surface area contributed by atoms with Gasteiger partial charge in [0.2, 0.25) is 0 Å². The molecule has 0 bridgehead atoms. The first-order valence-electron chi connectivity index (χ1n) is 11.8. The highest BCUT2D eigenvalue weighted by molar-refractivity contribution is 6.08. The average Bonchev–Trinajstić information content (AvgIpc) is 3.26. The van der Waals surface area contributed by atoms with Crippen molar-refractivity contribution in [1.82, 2.24) is 9.55 Å². The van der Waals surface area contributed by atoms with E-state index < -0.39 is 0 Å². The molecule has 0 spiro atoms. The molecule has 0 radical (unpaired) electrons. The molecule has 0 fully saturated rings. The maximum absolute atomic E-state index is 13.5. The molecule has 4 aromatic rings. The minimum atomic E-state index is -0.185. The van der Waals surface area contributed by atoms with Gasteiger partial charge in [-0.1, -0.05) is 52.8 Å². The Morgan fingerprint density at radius 3 is 2.57 bits per heavy atom. The molecule has 0 aliphatic carbocycles. The molecule has 1 heterocycles. The molecular formula is C27H29N7O3. The van der Waals surface area contributed by atoms with E-state index in [0.29, 0.717) is 5.56 Å². The number of rotatable bonds is 10. The van der Waals surface area contributed by atoms with E-state index in [1.165, 1.54) is 0 Å². The van der Waals surface area contributed by atoms with Crippen LogP contribution in [-0.4, -0.2) is 39.3 Å². The number of oxime groups is 2. The van der Waals surface area contributed by atoms with E-state index in [0.717, 1.165) is 46.5 Å². The summed E-state index contributed by atoms with van der Waals surface area (Å²) in [6.45, 7) is 0.272. The molecule has 0 saturated carbocycles. The van der Waals surface area contributed by atoms with Gasteiger partial charge in [0, 0.05) is 37.7 Å². The lowest BCUT2D eigenvalue weighted by molar-refractivity contribution is 0.0987. The van der Waals surface area contributed by atoms with Crippen molar-refractivity contribution in [2.45, 2.75) is 19.3 Å². The number of amidine groups is 1. The Balaban J connectivity index is 1.53. The number of hydrogen-bond acceptors (Lipinski definition) is 7. The summed E-state index contributed by atoms with van der Waals surface area (Å²) in [5, 5.41) is 15.5. The first kappa shape index (κ1) is 25.4. The van der Waals surface area contributed by atoms with Crippen LogP contribution >= 0.6 is 0 Å². The third-order valence-electron chi connectivity index (χ3n) is 6.13. The molecule has 0 aliphatic heterocycles. The standard InChI is InChI=1S/C27H29N7O3/c1-33-24-13-12-21(27(35)34(16-15-25(28)32-36)22-5-3-2-4-6-22)17-23(24)31-26(33)14-11-19-7-9-20(10-8-19)18-30-37-29/h2-10,12-13,17-18,36H,11,14-16,29H2,1H3,(H2,28,32). The largest absolute Gasteiger partial charge is 0.409 e. The van der Waals surface area contributed by atoms with E-state index in [4.69, 9.17) is 21.8 Å². The maximum Gasteiger partial charge on any atom is 0.258 e. The SMILES string of the molecule is Cn1c(CCc2ccc(C=NON)cc2)nc2cc(C(=O)N(CCC(N)=NO)c3ccccc3)ccc21. The van der Waals surface area contributed by atoms with Gasteiger partial charge in [-0.2, -0.15) is 0 Å². The van der Waals surface area contributed by atoms with Crippen LogP contribution in [-0.2, 0) is 24.8 Å². The third-order valence-corrected chi connectivity index (χ3v) is 6.13. The van der Waals surface area contributed by atoms with Crippen molar-refractivity contribution in [1.29, 1.82) is 0 Å². The van der Waals surface area contributed by atoms with Crippen molar-refractivity contribution < 1.29 is 14.9 Å². The summed E-state index contributed by atoms with van der Waals surface area (Å²) in [5.74, 6) is 5.72. The van der Waals surface area contributed by atoms with Crippen molar-refractivity contribution >= 4 is 34.7 Å². The summed E-state index contributed by atoms with van der Waals surface area (Å²) in [6.07, 6.45) is 3.33. The summed E-state index contributed by atoms with van der Waals surface area (Å²) >= 11 is 0. The molecule has 1 aromatic heterocycles. The first-order valence-corrected chi connectivity index (χ1v) is 11.8. The Hall–Kier alpha value is -4.70. The Morgan fingerprint density at radius 1 is 1.11 bits per heavy atom. The fourth-order valence-corrected chi connectivity index (χ4v) is 4.11. The highest BCUT2D eigenvalue weighted by Gasteiger charge is 2.19. The molecule has 0 unspecified atom stereocenters. The van der Waals surface area contributed by atoms with Crippen LogP contribution in [0.2, 0.25) is 0 Å². The number of imidazole rings is 1. The second-order valence-electron chi connectivity index (χ2n) is 8.51. The second kappa shape index (κ2) is 11.8. The zero-order valence-corrected chi connectivity index (χ0v) is 20.5. The second-order valence-corrected chi connectivity index (χ2v) is 8.51. The van der Waals surface area contributed by atoms with Gasteiger partial charge in [0.05, 0.1) is 17.2 Å². The topological polar surface area (TPSA) is 144 Å². The number of para-hydroxylation sites is 1. The predicted octanol–water partition coefficient (Wildman–Crippen LogP) is 3.37. The number of nitrogens with two attached hydrogens (primary N) is 2. The zero-order valence-electron chi connectivity index (χ0n) is 20.5. The lowest BCUT2D eigenvalue weighted by atomic mass is 10.1. The normalized spacial score (nSPS) is 11.8. The van der Waals surface area contributed by atoms with Gasteiger partial charge in [0.1, 0.15) is 11.7 Å². The molecule has 10 heteroatoms. The number of fused-ring (bicyclic) bond motifs is 1. The van der Waals surface area contributed by atoms with Crippen LogP contribution in [0.5, 0.6) is 0 Å². The van der Waals surface area contributed by atoms with Gasteiger partial charge in [-0.25, -0.2) is 4.98 Å². The summed E-state index contributed by atoms with van der Waals surface area (Å²) in [4.78, 5) is 24.2. The van der Waals surface area contributed by atoms with Crippen molar-refractivity contribution in [3.8, 4) is 0 Å². The van der Waals surface area contributed by atoms with Crippen molar-refractivity contribution in [2.24, 2.45) is 29.0 Å². The van der Waals surface area contributed by atoms with Gasteiger partial charge < -0.3 is 25.3 Å². The molecule has 0 aliphatic rings. The van der Waals surface area contributed by atoms with Gasteiger partial charge in [-0.05, 0) is 47.9 Å². The number of anilines is 1. The van der Waals surface area contributed by atoms with E-state index >= 15 is 0 Å². The van der Waals surface area contributed by atoms with Crippen LogP contribution in [0.3, 0.4) is 0 Å². The molecule has 190 valence electrons. The summed E-state index contributed by atoms with van der Waals surface area (Å²) in [7, 11) is 1.98. The van der Waals surface area contributed by atoms with Gasteiger partial charge in [-0.15, -0.1) is 5.90 Å². The number of amides is 1. The van der Waals surface area contributed by atoms with E-state index in [-0.39, 0.29) is 24.7 Å². The van der Waals surface area contributed by atoms with Gasteiger partial charge in [0.25, 0.3) is 5.91 Å². The third kappa shape index (κ3) is 6.11. The number of benzene rings is 3. The molecule has 0 saturated heterocycles. The van der Waals surface area contributed by atoms with Crippen LogP contribution in [0.4, 0.5) is 5.69 Å². The number of hydrogen-bond donors (Lipinski definition) is 3. The molecule has 3 aromatic carbocycles. The number of carbonyl (C=O) groups excluding carboxylic acids is 1. The lowest BCUT2D eigenvalue weighted by Crippen LogP contribution is -2.34. The highest BCUT2D eigenvalue weighted by atomic mass is 16.7. The van der Waals surface area contributed by atoms with Crippen LogP contribution in [0.1, 0.15) is 33.7 Å². The van der Waals surface area contributed by atoms with Crippen LogP contribution in [0, 0.1) is 0 Å². The van der Waals surface area contributed by atoms with Crippen LogP contribution in [0.25, 0.3) is 11.0 Å². The first-order chi connectivity index (χ1) is 18.0. The molecule has 5 N–H and O–H groups in total. The molecular weight excluding hydrogens is 470 g/mol. The lowest BCUT2D eigenvalue weighted by Gasteiger charge is -2.22. The van der Waals surface area contributed by atoms with Crippen LogP contribution < -0.4 is 16.5 Å². The fraction of sp³-hybridized carbons (Fsp3) is 0.185. The smallest absolute Gasteiger partial charge is 0.258 e. The summed E-state index contributed by atoms with van der Waals surface area (Å²) < 4.78 is 2.05. The van der Waals surface area contributed by atoms with Crippen molar-refractivity contribution in [3.63, 3.8) is 0 Å². The molecule has 0 atom stereocenters. The minimum Gasteiger partial charge on any atom is -0.409 e. The average molecular weight is 500 g/mol. The molecule has 1 amide bonds. The van der Waals surface area contributed by atoms with Crippen molar-refractivity contribution in [2.75, 3.05) is 11.4 Å². The van der Waals surface area contributed by atoms with Gasteiger partial charge >= 0.3 is 0 Å². The number of aryl methyl sites for hydroxylation is 3. The van der Waals surface area contributed by atoms with E-state index in [1.807, 2.05) is 73.8 Å². The predicted molar refractivity (Wildman–Crippen MR) is 144 cm³/mol. The van der Waals surface area contributed by atoms with Gasteiger partial charge in [-0.3, -0.25) is 4.79 Å². The van der Waals surface area contributed by atoms with E-state index in [9.17, 15) is 4.79 Å². The minimum absolute atomic E-state index is 0.0610. The van der Waals surface area contributed by atoms with E-state index in [1.54, 1.807) is 17.2 Å². The van der Waals surface area contributed by atoms with Crippen molar-refractivity contribution in [3.05, 3.63) is 95.3 Å². The molecule has 4 rings (SSSR count). The highest BCUT2D eigenvalue weighted by Crippen LogP contribution is 2.22. The number of aromatic nitrogens is 2. The Labute approximate surface area is 214 Å². The Kier molecular flexibility index (Phi) is 8.11. The number of nitrogens with zero attached hydrogens (tertiary/aromatic N) is 5.